The molecule has 1 aromatic heterocycles. The average molecular weight is 244 g/mol. The monoisotopic (exact) mass is 244 g/mol. The van der Waals surface area contributed by atoms with Crippen molar-refractivity contribution in [2.45, 2.75) is 25.7 Å². The van der Waals surface area contributed by atoms with Crippen LogP contribution in [0.15, 0.2) is 36.7 Å². The van der Waals surface area contributed by atoms with Crippen LogP contribution in [-0.2, 0) is 13.5 Å². The zero-order valence-corrected chi connectivity index (χ0v) is 11.0. The highest BCUT2D eigenvalue weighted by atomic mass is 16.3. The summed E-state index contributed by atoms with van der Waals surface area (Å²) >= 11 is 0. The van der Waals surface area contributed by atoms with E-state index in [1.165, 1.54) is 11.1 Å². The normalized spacial score (nSPS) is 12.6. The van der Waals surface area contributed by atoms with E-state index < -0.39 is 0 Å². The summed E-state index contributed by atoms with van der Waals surface area (Å²) in [5.41, 5.74) is 2.45. The fourth-order valence-corrected chi connectivity index (χ4v) is 2.23. The number of nitrogens with zero attached hydrogens (tertiary/aromatic N) is 2. The number of aliphatic hydroxyl groups is 1. The molecule has 0 bridgehead atoms. The molecule has 2 rings (SSSR count). The van der Waals surface area contributed by atoms with Gasteiger partial charge in [0, 0.05) is 38.4 Å². The van der Waals surface area contributed by atoms with Gasteiger partial charge in [0.25, 0.3) is 0 Å². The average Bonchev–Trinajstić information content (AvgIpc) is 2.76. The number of aliphatic hydroxyl groups excluding tert-OH is 1. The number of aromatic nitrogens is 2. The van der Waals surface area contributed by atoms with Crippen LogP contribution in [0.1, 0.15) is 29.3 Å². The smallest absolute Gasteiger partial charge is 0.108 e. The number of hydrogen-bond donors (Lipinski definition) is 1. The number of imidazole rings is 1. The second-order valence-corrected chi connectivity index (χ2v) is 4.79. The second-order valence-electron chi connectivity index (χ2n) is 4.79. The van der Waals surface area contributed by atoms with E-state index in [0.717, 1.165) is 18.7 Å². The van der Waals surface area contributed by atoms with Gasteiger partial charge < -0.3 is 9.67 Å². The largest absolute Gasteiger partial charge is 0.396 e. The molecule has 3 heteroatoms. The Morgan fingerprint density at radius 3 is 2.83 bits per heavy atom. The molecule has 0 amide bonds. The minimum atomic E-state index is 0.188. The van der Waals surface area contributed by atoms with Crippen LogP contribution in [0.5, 0.6) is 0 Å². The van der Waals surface area contributed by atoms with Crippen LogP contribution < -0.4 is 0 Å². The molecular weight excluding hydrogens is 224 g/mol. The lowest BCUT2D eigenvalue weighted by molar-refractivity contribution is 0.258. The highest BCUT2D eigenvalue weighted by molar-refractivity contribution is 5.25. The molecule has 0 fully saturated rings. The maximum absolute atomic E-state index is 9.54. The molecule has 1 unspecified atom stereocenters. The first-order chi connectivity index (χ1) is 8.70. The quantitative estimate of drug-likeness (QED) is 0.877. The molecule has 18 heavy (non-hydrogen) atoms. The van der Waals surface area contributed by atoms with Crippen molar-refractivity contribution < 1.29 is 5.11 Å². The van der Waals surface area contributed by atoms with Gasteiger partial charge in [0.1, 0.15) is 5.82 Å². The van der Waals surface area contributed by atoms with Crippen molar-refractivity contribution in [3.05, 3.63) is 53.6 Å². The van der Waals surface area contributed by atoms with E-state index in [1.54, 1.807) is 0 Å². The Balaban J connectivity index is 2.04. The van der Waals surface area contributed by atoms with Gasteiger partial charge in [-0.3, -0.25) is 0 Å². The minimum Gasteiger partial charge on any atom is -0.396 e. The Hall–Kier alpha value is -1.61. The lowest BCUT2D eigenvalue weighted by Crippen LogP contribution is -2.08. The number of rotatable bonds is 5. The van der Waals surface area contributed by atoms with Crippen LogP contribution in [0.2, 0.25) is 0 Å². The van der Waals surface area contributed by atoms with Crippen molar-refractivity contribution in [3.8, 4) is 0 Å². The Kier molecular flexibility index (Phi) is 4.15. The molecule has 1 heterocycles. The van der Waals surface area contributed by atoms with Crippen molar-refractivity contribution in [2.24, 2.45) is 7.05 Å². The van der Waals surface area contributed by atoms with Gasteiger partial charge in [0.15, 0.2) is 0 Å². The van der Waals surface area contributed by atoms with Gasteiger partial charge in [-0.05, 0) is 18.9 Å². The molecule has 0 radical (unpaired) electrons. The summed E-state index contributed by atoms with van der Waals surface area (Å²) in [7, 11) is 2.00. The molecule has 1 aromatic carbocycles. The predicted molar refractivity (Wildman–Crippen MR) is 72.5 cm³/mol. The fourth-order valence-electron chi connectivity index (χ4n) is 2.23. The summed E-state index contributed by atoms with van der Waals surface area (Å²) in [6, 6.07) is 8.37. The van der Waals surface area contributed by atoms with Gasteiger partial charge in [-0.2, -0.15) is 0 Å². The third-order valence-electron chi connectivity index (χ3n) is 3.37. The van der Waals surface area contributed by atoms with Crippen molar-refractivity contribution >= 4 is 0 Å². The standard InChI is InChI=1S/C15H20N2O/c1-12-4-3-5-13(10-12)14(11-18)6-7-15-16-8-9-17(15)2/h3-5,8-10,14,18H,6-7,11H2,1-2H3. The highest BCUT2D eigenvalue weighted by Crippen LogP contribution is 2.21. The van der Waals surface area contributed by atoms with Crippen molar-refractivity contribution in [1.82, 2.24) is 9.55 Å². The van der Waals surface area contributed by atoms with Crippen molar-refractivity contribution in [3.63, 3.8) is 0 Å². The molecule has 1 atom stereocenters. The minimum absolute atomic E-state index is 0.188. The molecule has 0 saturated carbocycles. The van der Waals surface area contributed by atoms with Crippen LogP contribution in [0.4, 0.5) is 0 Å². The van der Waals surface area contributed by atoms with E-state index in [1.807, 2.05) is 30.1 Å². The van der Waals surface area contributed by atoms with Crippen molar-refractivity contribution in [1.29, 1.82) is 0 Å². The lowest BCUT2D eigenvalue weighted by Gasteiger charge is -2.15. The summed E-state index contributed by atoms with van der Waals surface area (Å²) in [4.78, 5) is 4.31. The molecule has 3 nitrogen and oxygen atoms in total. The summed E-state index contributed by atoms with van der Waals surface area (Å²) in [6.07, 6.45) is 5.58. The molecule has 0 aliphatic carbocycles. The fraction of sp³-hybridized carbons (Fsp3) is 0.400. The molecule has 0 spiro atoms. The SMILES string of the molecule is Cc1cccc(C(CO)CCc2nccn2C)c1. The lowest BCUT2D eigenvalue weighted by atomic mass is 9.94. The highest BCUT2D eigenvalue weighted by Gasteiger charge is 2.12. The van der Waals surface area contributed by atoms with Crippen LogP contribution in [0.25, 0.3) is 0 Å². The topological polar surface area (TPSA) is 38.1 Å². The van der Waals surface area contributed by atoms with Crippen LogP contribution in [0, 0.1) is 6.92 Å². The first-order valence-electron chi connectivity index (χ1n) is 6.34. The van der Waals surface area contributed by atoms with Gasteiger partial charge in [-0.1, -0.05) is 29.8 Å². The van der Waals surface area contributed by atoms with E-state index in [9.17, 15) is 5.11 Å². The molecule has 2 aromatic rings. The van der Waals surface area contributed by atoms with E-state index in [4.69, 9.17) is 0 Å². The number of benzene rings is 1. The number of hydrogen-bond acceptors (Lipinski definition) is 2. The summed E-state index contributed by atoms with van der Waals surface area (Å²) in [5, 5.41) is 9.54. The van der Waals surface area contributed by atoms with Crippen LogP contribution >= 0.6 is 0 Å². The van der Waals surface area contributed by atoms with Crippen molar-refractivity contribution in [2.75, 3.05) is 6.61 Å². The Morgan fingerprint density at radius 1 is 1.39 bits per heavy atom. The van der Waals surface area contributed by atoms with Crippen LogP contribution in [0.3, 0.4) is 0 Å². The molecule has 0 aliphatic rings. The maximum atomic E-state index is 9.54. The van der Waals surface area contributed by atoms with E-state index >= 15 is 0 Å². The third-order valence-corrected chi connectivity index (χ3v) is 3.37. The van der Waals surface area contributed by atoms with Gasteiger partial charge in [-0.15, -0.1) is 0 Å². The van der Waals surface area contributed by atoms with Gasteiger partial charge in [-0.25, -0.2) is 4.98 Å². The second kappa shape index (κ2) is 5.83. The van der Waals surface area contributed by atoms with E-state index in [0.29, 0.717) is 0 Å². The summed E-state index contributed by atoms with van der Waals surface area (Å²) in [5.74, 6) is 1.27. The first kappa shape index (κ1) is 12.8. The first-order valence-corrected chi connectivity index (χ1v) is 6.34. The summed E-state index contributed by atoms with van der Waals surface area (Å²) < 4.78 is 2.03. The molecular formula is C15H20N2O. The summed E-state index contributed by atoms with van der Waals surface area (Å²) in [6.45, 7) is 2.27. The zero-order chi connectivity index (χ0) is 13.0. The molecule has 96 valence electrons. The van der Waals surface area contributed by atoms with Gasteiger partial charge in [0.2, 0.25) is 0 Å². The third kappa shape index (κ3) is 2.99. The predicted octanol–water partition coefficient (Wildman–Crippen LogP) is 2.44. The maximum Gasteiger partial charge on any atom is 0.108 e. The Bertz CT molecular complexity index is 505. The Labute approximate surface area is 108 Å². The molecule has 1 N–H and O–H groups in total. The number of aryl methyl sites for hydroxylation is 3. The molecule has 0 aliphatic heterocycles. The van der Waals surface area contributed by atoms with Gasteiger partial charge in [0.05, 0.1) is 0 Å². The van der Waals surface area contributed by atoms with Gasteiger partial charge >= 0.3 is 0 Å². The van der Waals surface area contributed by atoms with Crippen LogP contribution in [-0.4, -0.2) is 21.3 Å². The van der Waals surface area contributed by atoms with E-state index in [-0.39, 0.29) is 12.5 Å². The molecule has 0 saturated heterocycles. The Morgan fingerprint density at radius 2 is 2.22 bits per heavy atom. The van der Waals surface area contributed by atoms with E-state index in [2.05, 4.69) is 30.1 Å². The zero-order valence-electron chi connectivity index (χ0n) is 11.0.